The molecule has 1 fully saturated rings. The number of carbonyl (C=O) groups is 1. The Kier molecular flexibility index (Phi) is 12.7. The van der Waals surface area contributed by atoms with Gasteiger partial charge in [-0.05, 0) is 98.8 Å². The number of allylic oxidation sites excluding steroid dienone is 3. The first-order valence-corrected chi connectivity index (χ1v) is 24.9. The molecule has 3 heterocycles. The zero-order valence-corrected chi connectivity index (χ0v) is 36.5. The molecule has 0 saturated carbocycles. The molecule has 0 radical (unpaired) electrons. The molecule has 1 saturated heterocycles. The summed E-state index contributed by atoms with van der Waals surface area (Å²) in [6.07, 6.45) is 6.38. The van der Waals surface area contributed by atoms with Gasteiger partial charge in [-0.2, -0.15) is 0 Å². The fraction of sp³-hybridized carbons (Fsp3) is 0.825. The first-order valence-electron chi connectivity index (χ1n) is 19.0. The highest BCUT2D eigenvalue weighted by Crippen LogP contribution is 2.49. The predicted molar refractivity (Wildman–Crippen MR) is 206 cm³/mol. The SMILES string of the molecule is CO[C@]12C=C[C@](C)(O1)[C@@H](O)C[C@H]1C(C)=CC[C@H](C(C)C)[C@H]1/C=C\2CO[C@@H]1OC[C@@H](O[Si](C)(C)C(C)(C)C)[C@@H](O[Si](C)(C)C(C)(C)C)[C@@H]1OC(C)=O. The van der Waals surface area contributed by atoms with Gasteiger partial charge in [0.25, 0.3) is 0 Å². The van der Waals surface area contributed by atoms with Gasteiger partial charge in [0.2, 0.25) is 5.79 Å². The second-order valence-corrected chi connectivity index (χ2v) is 28.6. The lowest BCUT2D eigenvalue weighted by molar-refractivity contribution is -0.272. The van der Waals surface area contributed by atoms with Crippen LogP contribution in [0.2, 0.25) is 36.3 Å². The second kappa shape index (κ2) is 15.2. The summed E-state index contributed by atoms with van der Waals surface area (Å²) in [5, 5.41) is 11.5. The lowest BCUT2D eigenvalue weighted by Crippen LogP contribution is -2.63. The number of rotatable bonds is 10. The normalized spacial score (nSPS) is 37.5. The molecule has 0 aromatic carbocycles. The smallest absolute Gasteiger partial charge is 0.303 e. The van der Waals surface area contributed by atoms with Crippen LogP contribution < -0.4 is 0 Å². The number of aliphatic hydroxyl groups excluding tert-OH is 1. The van der Waals surface area contributed by atoms with E-state index in [1.54, 1.807) is 7.11 Å². The number of esters is 1. The van der Waals surface area contributed by atoms with Crippen LogP contribution >= 0.6 is 0 Å². The van der Waals surface area contributed by atoms with Gasteiger partial charge in [-0.3, -0.25) is 4.79 Å². The van der Waals surface area contributed by atoms with Gasteiger partial charge in [0.1, 0.15) is 11.7 Å². The summed E-state index contributed by atoms with van der Waals surface area (Å²) in [6.45, 7) is 32.4. The number of aliphatic hydroxyl groups is 1. The second-order valence-electron chi connectivity index (χ2n) is 19.1. The van der Waals surface area contributed by atoms with Crippen molar-refractivity contribution >= 4 is 22.6 Å². The highest BCUT2D eigenvalue weighted by Gasteiger charge is 2.55. The first kappa shape index (κ1) is 42.6. The first-order chi connectivity index (χ1) is 23.3. The Morgan fingerprint density at radius 3 is 2.18 bits per heavy atom. The predicted octanol–water partition coefficient (Wildman–Crippen LogP) is 8.31. The number of fused-ring (bicyclic) bond motifs is 3. The Bertz CT molecular complexity index is 1340. The molecule has 51 heavy (non-hydrogen) atoms. The molecule has 4 aliphatic rings. The lowest BCUT2D eigenvalue weighted by Gasteiger charge is -2.49. The van der Waals surface area contributed by atoms with Gasteiger partial charge in [0.15, 0.2) is 29.0 Å². The van der Waals surface area contributed by atoms with E-state index in [2.05, 4.69) is 101 Å². The molecule has 0 aromatic rings. The van der Waals surface area contributed by atoms with Crippen LogP contribution in [-0.2, 0) is 37.3 Å². The van der Waals surface area contributed by atoms with E-state index in [1.807, 2.05) is 19.1 Å². The molecule has 1 N–H and O–H groups in total. The number of hydrogen-bond acceptors (Lipinski definition) is 9. The summed E-state index contributed by atoms with van der Waals surface area (Å²) >= 11 is 0. The molecule has 0 spiro atoms. The molecular formula is C40H70O9Si2. The van der Waals surface area contributed by atoms with Gasteiger partial charge in [-0.15, -0.1) is 0 Å². The molecule has 2 bridgehead atoms. The zero-order chi connectivity index (χ0) is 38.5. The fourth-order valence-electron chi connectivity index (χ4n) is 7.46. The molecule has 0 aromatic heterocycles. The van der Waals surface area contributed by atoms with E-state index in [9.17, 15) is 9.90 Å². The summed E-state index contributed by atoms with van der Waals surface area (Å²) in [4.78, 5) is 12.8. The number of hydrogen-bond donors (Lipinski definition) is 1. The Hall–Kier alpha value is -1.16. The van der Waals surface area contributed by atoms with Gasteiger partial charge >= 0.3 is 5.97 Å². The molecule has 9 nitrogen and oxygen atoms in total. The van der Waals surface area contributed by atoms with E-state index >= 15 is 0 Å². The summed E-state index contributed by atoms with van der Waals surface area (Å²) in [5.41, 5.74) is 1.13. The third-order valence-electron chi connectivity index (χ3n) is 13.0. The van der Waals surface area contributed by atoms with Crippen LogP contribution in [-0.4, -0.2) is 90.1 Å². The summed E-state index contributed by atoms with van der Waals surface area (Å²) in [6, 6.07) is 0. The molecular weight excluding hydrogens is 681 g/mol. The number of ether oxygens (including phenoxy) is 5. The van der Waals surface area contributed by atoms with Gasteiger partial charge in [0.05, 0.1) is 25.4 Å². The zero-order valence-electron chi connectivity index (χ0n) is 34.5. The fourth-order valence-corrected chi connectivity index (χ4v) is 10.1. The van der Waals surface area contributed by atoms with Gasteiger partial charge < -0.3 is 37.6 Å². The maximum atomic E-state index is 12.8. The average Bonchev–Trinajstić information content (AvgIpc) is 3.37. The largest absolute Gasteiger partial charge is 0.454 e. The van der Waals surface area contributed by atoms with Crippen molar-refractivity contribution < 1.29 is 42.4 Å². The molecule has 3 aliphatic heterocycles. The van der Waals surface area contributed by atoms with Crippen LogP contribution in [0.5, 0.6) is 0 Å². The minimum atomic E-state index is -2.40. The Balaban J connectivity index is 1.76. The van der Waals surface area contributed by atoms with Crippen molar-refractivity contribution in [2.75, 3.05) is 20.3 Å². The third kappa shape index (κ3) is 8.88. The maximum absolute atomic E-state index is 12.8. The highest BCUT2D eigenvalue weighted by molar-refractivity contribution is 6.74. The Morgan fingerprint density at radius 1 is 1.02 bits per heavy atom. The van der Waals surface area contributed by atoms with Crippen LogP contribution in [0.1, 0.15) is 89.0 Å². The molecule has 0 amide bonds. The van der Waals surface area contributed by atoms with Crippen molar-refractivity contribution in [3.05, 3.63) is 35.5 Å². The summed E-state index contributed by atoms with van der Waals surface area (Å²) in [5.74, 6) is -0.654. The van der Waals surface area contributed by atoms with Crippen LogP contribution in [0.15, 0.2) is 35.5 Å². The van der Waals surface area contributed by atoms with E-state index in [4.69, 9.17) is 32.5 Å². The minimum Gasteiger partial charge on any atom is -0.454 e. The molecule has 10 atom stereocenters. The van der Waals surface area contributed by atoms with Crippen molar-refractivity contribution in [2.45, 2.75) is 167 Å². The van der Waals surface area contributed by atoms with Crippen LogP contribution in [0, 0.1) is 23.7 Å². The van der Waals surface area contributed by atoms with E-state index in [0.717, 1.165) is 12.0 Å². The van der Waals surface area contributed by atoms with Crippen molar-refractivity contribution in [2.24, 2.45) is 23.7 Å². The van der Waals surface area contributed by atoms with Crippen LogP contribution in [0.3, 0.4) is 0 Å². The molecule has 1 aliphatic carbocycles. The van der Waals surface area contributed by atoms with Crippen molar-refractivity contribution in [1.29, 1.82) is 0 Å². The topological polar surface area (TPSA) is 102 Å². The van der Waals surface area contributed by atoms with Crippen molar-refractivity contribution in [1.82, 2.24) is 0 Å². The Morgan fingerprint density at radius 2 is 1.63 bits per heavy atom. The van der Waals surface area contributed by atoms with Crippen LogP contribution in [0.4, 0.5) is 0 Å². The summed E-state index contributed by atoms with van der Waals surface area (Å²) in [7, 11) is -3.05. The average molecular weight is 751 g/mol. The molecule has 4 rings (SSSR count). The van der Waals surface area contributed by atoms with E-state index in [0.29, 0.717) is 18.3 Å². The molecule has 11 heteroatoms. The lowest BCUT2D eigenvalue weighted by atomic mass is 9.65. The maximum Gasteiger partial charge on any atom is 0.303 e. The number of carbonyl (C=O) groups excluding carboxylic acids is 1. The molecule has 0 unspecified atom stereocenters. The summed E-state index contributed by atoms with van der Waals surface area (Å²) < 4.78 is 46.4. The van der Waals surface area contributed by atoms with Gasteiger partial charge in [-0.25, -0.2) is 0 Å². The van der Waals surface area contributed by atoms with E-state index < -0.39 is 64.7 Å². The monoisotopic (exact) mass is 750 g/mol. The standard InChI is InChI=1S/C40H70O9Si2/c1-25(2)29-18-17-26(3)30-22-33(42)39(11)19-20-40(43-12,49-39)28(21-31(29)30)23-44-36-35(46-27(4)41)34(48-51(15,16)38(8,9)10)32(24-45-36)47-50(13,14)37(5,6)7/h17,19-21,25,29-36,42H,18,22-24H2,1-16H3/b28-21-/t29-,30+,31-,32-,33+,34-,35+,36-,39+,40-/m1/s1. The third-order valence-corrected chi connectivity index (χ3v) is 22.0. The molecule has 292 valence electrons. The van der Waals surface area contributed by atoms with E-state index in [1.165, 1.54) is 12.5 Å². The van der Waals surface area contributed by atoms with Crippen molar-refractivity contribution in [3.63, 3.8) is 0 Å². The van der Waals surface area contributed by atoms with E-state index in [-0.39, 0.29) is 35.1 Å². The van der Waals surface area contributed by atoms with Gasteiger partial charge in [0, 0.05) is 19.6 Å². The number of methoxy groups -OCH3 is 1. The van der Waals surface area contributed by atoms with Crippen LogP contribution in [0.25, 0.3) is 0 Å². The van der Waals surface area contributed by atoms with Gasteiger partial charge in [-0.1, -0.05) is 73.1 Å². The quantitative estimate of drug-likeness (QED) is 0.134. The minimum absolute atomic E-state index is 0.0497. The van der Waals surface area contributed by atoms with Crippen molar-refractivity contribution in [3.8, 4) is 0 Å². The highest BCUT2D eigenvalue weighted by atomic mass is 28.4. The Labute approximate surface area is 311 Å².